The summed E-state index contributed by atoms with van der Waals surface area (Å²) in [6.07, 6.45) is 4.82. The molecule has 90 valence electrons. The SMILES string of the molecule is Cc1ccc(N)cc1NCCCn1cccn1. The fourth-order valence-electron chi connectivity index (χ4n) is 1.73. The molecule has 0 aliphatic carbocycles. The van der Waals surface area contributed by atoms with Crippen LogP contribution >= 0.6 is 0 Å². The highest BCUT2D eigenvalue weighted by molar-refractivity contribution is 5.59. The predicted octanol–water partition coefficient (Wildman–Crippen LogP) is 2.28. The molecule has 1 heterocycles. The second-order valence-corrected chi connectivity index (χ2v) is 4.12. The summed E-state index contributed by atoms with van der Waals surface area (Å²) < 4.78 is 1.94. The number of hydrogen-bond acceptors (Lipinski definition) is 3. The van der Waals surface area contributed by atoms with Gasteiger partial charge in [0.25, 0.3) is 0 Å². The number of nitrogens with one attached hydrogen (secondary N) is 1. The van der Waals surface area contributed by atoms with E-state index in [1.807, 2.05) is 35.1 Å². The fourth-order valence-corrected chi connectivity index (χ4v) is 1.73. The maximum atomic E-state index is 5.75. The Morgan fingerprint density at radius 2 is 2.29 bits per heavy atom. The first-order valence-electron chi connectivity index (χ1n) is 5.83. The average molecular weight is 230 g/mol. The normalized spacial score (nSPS) is 10.4. The van der Waals surface area contributed by atoms with Crippen molar-refractivity contribution < 1.29 is 0 Å². The van der Waals surface area contributed by atoms with Gasteiger partial charge in [-0.25, -0.2) is 0 Å². The minimum Gasteiger partial charge on any atom is -0.399 e. The van der Waals surface area contributed by atoms with E-state index in [0.717, 1.165) is 30.9 Å². The molecule has 0 aliphatic rings. The first-order valence-corrected chi connectivity index (χ1v) is 5.83. The maximum Gasteiger partial charge on any atom is 0.0489 e. The molecule has 0 spiro atoms. The summed E-state index contributed by atoms with van der Waals surface area (Å²) in [6.45, 7) is 3.93. The number of nitrogen functional groups attached to an aromatic ring is 1. The van der Waals surface area contributed by atoms with E-state index in [1.54, 1.807) is 6.20 Å². The van der Waals surface area contributed by atoms with Gasteiger partial charge in [0.15, 0.2) is 0 Å². The van der Waals surface area contributed by atoms with Gasteiger partial charge in [0.2, 0.25) is 0 Å². The highest BCUT2D eigenvalue weighted by atomic mass is 15.3. The van der Waals surface area contributed by atoms with Gasteiger partial charge in [0.05, 0.1) is 0 Å². The summed E-state index contributed by atoms with van der Waals surface area (Å²) >= 11 is 0. The van der Waals surface area contributed by atoms with Crippen molar-refractivity contribution in [3.05, 3.63) is 42.2 Å². The molecule has 0 aliphatic heterocycles. The highest BCUT2D eigenvalue weighted by Crippen LogP contribution is 2.17. The molecule has 4 nitrogen and oxygen atoms in total. The van der Waals surface area contributed by atoms with E-state index in [0.29, 0.717) is 0 Å². The second-order valence-electron chi connectivity index (χ2n) is 4.12. The molecule has 0 bridgehead atoms. The van der Waals surface area contributed by atoms with Gasteiger partial charge in [-0.1, -0.05) is 6.07 Å². The van der Waals surface area contributed by atoms with Gasteiger partial charge < -0.3 is 11.1 Å². The van der Waals surface area contributed by atoms with E-state index in [1.165, 1.54) is 5.56 Å². The number of aryl methyl sites for hydroxylation is 2. The zero-order chi connectivity index (χ0) is 12.1. The van der Waals surface area contributed by atoms with Crippen LogP contribution in [0.4, 0.5) is 11.4 Å². The first-order chi connectivity index (χ1) is 8.25. The number of nitrogens with two attached hydrogens (primary N) is 1. The van der Waals surface area contributed by atoms with E-state index < -0.39 is 0 Å². The Hall–Kier alpha value is -1.97. The molecule has 0 atom stereocenters. The van der Waals surface area contributed by atoms with Crippen LogP contribution in [0.25, 0.3) is 0 Å². The molecule has 2 rings (SSSR count). The van der Waals surface area contributed by atoms with Crippen LogP contribution in [-0.4, -0.2) is 16.3 Å². The van der Waals surface area contributed by atoms with Gasteiger partial charge in [-0.2, -0.15) is 5.10 Å². The molecular weight excluding hydrogens is 212 g/mol. The lowest BCUT2D eigenvalue weighted by Crippen LogP contribution is -2.08. The molecule has 17 heavy (non-hydrogen) atoms. The Morgan fingerprint density at radius 1 is 1.41 bits per heavy atom. The highest BCUT2D eigenvalue weighted by Gasteiger charge is 1.98. The maximum absolute atomic E-state index is 5.75. The van der Waals surface area contributed by atoms with Crippen LogP contribution in [0, 0.1) is 6.92 Å². The lowest BCUT2D eigenvalue weighted by atomic mass is 10.2. The van der Waals surface area contributed by atoms with Gasteiger partial charge in [-0.05, 0) is 37.1 Å². The second kappa shape index (κ2) is 5.39. The largest absolute Gasteiger partial charge is 0.399 e. The molecule has 1 aromatic heterocycles. The molecular formula is C13H18N4. The van der Waals surface area contributed by atoms with Gasteiger partial charge in [-0.15, -0.1) is 0 Å². The van der Waals surface area contributed by atoms with Crippen molar-refractivity contribution in [2.75, 3.05) is 17.6 Å². The van der Waals surface area contributed by atoms with Crippen molar-refractivity contribution in [2.24, 2.45) is 0 Å². The monoisotopic (exact) mass is 230 g/mol. The standard InChI is InChI=1S/C13H18N4/c1-11-4-5-12(14)10-13(11)15-6-2-8-17-9-3-7-16-17/h3-5,7,9-10,15H,2,6,8,14H2,1H3. The lowest BCUT2D eigenvalue weighted by molar-refractivity contribution is 0.592. The quantitative estimate of drug-likeness (QED) is 0.612. The third-order valence-electron chi connectivity index (χ3n) is 2.70. The summed E-state index contributed by atoms with van der Waals surface area (Å²) in [6, 6.07) is 7.87. The minimum atomic E-state index is 0.796. The summed E-state index contributed by atoms with van der Waals surface area (Å²) in [5, 5.41) is 7.56. The van der Waals surface area contributed by atoms with Crippen molar-refractivity contribution in [3.63, 3.8) is 0 Å². The molecule has 0 saturated carbocycles. The first kappa shape index (κ1) is 11.5. The van der Waals surface area contributed by atoms with Crippen LogP contribution < -0.4 is 11.1 Å². The zero-order valence-corrected chi connectivity index (χ0v) is 10.1. The average Bonchev–Trinajstić information content (AvgIpc) is 2.82. The van der Waals surface area contributed by atoms with E-state index in [4.69, 9.17) is 5.73 Å². The number of anilines is 2. The molecule has 2 aromatic rings. The molecule has 0 amide bonds. The van der Waals surface area contributed by atoms with Crippen molar-refractivity contribution in [1.29, 1.82) is 0 Å². The fraction of sp³-hybridized carbons (Fsp3) is 0.308. The van der Waals surface area contributed by atoms with Crippen LogP contribution in [0.15, 0.2) is 36.7 Å². The van der Waals surface area contributed by atoms with Crippen LogP contribution in [-0.2, 0) is 6.54 Å². The summed E-state index contributed by atoms with van der Waals surface area (Å²) in [7, 11) is 0. The molecule has 0 fully saturated rings. The number of benzene rings is 1. The Kier molecular flexibility index (Phi) is 3.65. The Balaban J connectivity index is 1.80. The van der Waals surface area contributed by atoms with E-state index >= 15 is 0 Å². The number of hydrogen-bond donors (Lipinski definition) is 2. The summed E-state index contributed by atoms with van der Waals surface area (Å²) in [5.74, 6) is 0. The molecule has 3 N–H and O–H groups in total. The summed E-state index contributed by atoms with van der Waals surface area (Å²) in [4.78, 5) is 0. The van der Waals surface area contributed by atoms with Crippen molar-refractivity contribution in [2.45, 2.75) is 19.9 Å². The van der Waals surface area contributed by atoms with Crippen LogP contribution in [0.5, 0.6) is 0 Å². The van der Waals surface area contributed by atoms with E-state index in [2.05, 4.69) is 17.3 Å². The Labute approximate surface area is 101 Å². The van der Waals surface area contributed by atoms with Gasteiger partial charge in [0.1, 0.15) is 0 Å². The molecule has 0 unspecified atom stereocenters. The van der Waals surface area contributed by atoms with Gasteiger partial charge >= 0.3 is 0 Å². The van der Waals surface area contributed by atoms with E-state index in [-0.39, 0.29) is 0 Å². The number of rotatable bonds is 5. The molecule has 1 aromatic carbocycles. The Morgan fingerprint density at radius 3 is 3.06 bits per heavy atom. The lowest BCUT2D eigenvalue weighted by Gasteiger charge is -2.10. The number of aromatic nitrogens is 2. The third-order valence-corrected chi connectivity index (χ3v) is 2.70. The van der Waals surface area contributed by atoms with Crippen molar-refractivity contribution in [1.82, 2.24) is 9.78 Å². The smallest absolute Gasteiger partial charge is 0.0489 e. The van der Waals surface area contributed by atoms with Crippen molar-refractivity contribution >= 4 is 11.4 Å². The molecule has 0 saturated heterocycles. The van der Waals surface area contributed by atoms with Crippen molar-refractivity contribution in [3.8, 4) is 0 Å². The predicted molar refractivity (Wildman–Crippen MR) is 70.9 cm³/mol. The van der Waals surface area contributed by atoms with E-state index in [9.17, 15) is 0 Å². The van der Waals surface area contributed by atoms with Crippen LogP contribution in [0.2, 0.25) is 0 Å². The van der Waals surface area contributed by atoms with Crippen LogP contribution in [0.3, 0.4) is 0 Å². The molecule has 0 radical (unpaired) electrons. The minimum absolute atomic E-state index is 0.796. The van der Waals surface area contributed by atoms with Gasteiger partial charge in [0, 0.05) is 36.9 Å². The van der Waals surface area contributed by atoms with Crippen LogP contribution in [0.1, 0.15) is 12.0 Å². The third kappa shape index (κ3) is 3.24. The summed E-state index contributed by atoms with van der Waals surface area (Å²) in [5.41, 5.74) is 8.89. The molecule has 4 heteroatoms. The van der Waals surface area contributed by atoms with Gasteiger partial charge in [-0.3, -0.25) is 4.68 Å². The zero-order valence-electron chi connectivity index (χ0n) is 10.1. The number of nitrogens with zero attached hydrogens (tertiary/aromatic N) is 2. The Bertz CT molecular complexity index is 462. The topological polar surface area (TPSA) is 55.9 Å².